The molecule has 1 saturated heterocycles. The molecule has 176 valence electrons. The Balaban J connectivity index is 1.47. The molecule has 0 unspecified atom stereocenters. The highest BCUT2D eigenvalue weighted by molar-refractivity contribution is 9.10. The molecule has 2 N–H and O–H groups in total. The van der Waals surface area contributed by atoms with Crippen molar-refractivity contribution in [2.45, 2.75) is 6.92 Å². The second kappa shape index (κ2) is 10.4. The Morgan fingerprint density at radius 2 is 1.74 bits per heavy atom. The van der Waals surface area contributed by atoms with Crippen LogP contribution in [0, 0.1) is 6.92 Å². The number of carbonyl (C=O) groups is 4. The van der Waals surface area contributed by atoms with E-state index in [4.69, 9.17) is 4.74 Å². The Hall–Kier alpha value is -4.24. The number of ether oxygens (including phenoxy) is 1. The summed E-state index contributed by atoms with van der Waals surface area (Å²) >= 11 is 3.39. The number of para-hydroxylation sites is 2. The van der Waals surface area contributed by atoms with E-state index in [1.165, 1.54) is 6.08 Å². The number of aryl methyl sites for hydroxylation is 1. The number of barbiturate groups is 1. The fraction of sp³-hybridized carbons (Fsp3) is 0.0769. The number of nitrogens with zero attached hydrogens (tertiary/aromatic N) is 1. The molecule has 1 fully saturated rings. The van der Waals surface area contributed by atoms with Crippen molar-refractivity contribution in [3.8, 4) is 5.75 Å². The third-order valence-corrected chi connectivity index (χ3v) is 5.78. The number of carbonyl (C=O) groups excluding carboxylic acids is 4. The number of anilines is 2. The molecule has 0 atom stereocenters. The molecule has 0 bridgehead atoms. The fourth-order valence-corrected chi connectivity index (χ4v) is 3.91. The van der Waals surface area contributed by atoms with Crippen molar-refractivity contribution in [1.29, 1.82) is 0 Å². The molecule has 0 aromatic heterocycles. The van der Waals surface area contributed by atoms with E-state index in [0.29, 0.717) is 27.2 Å². The van der Waals surface area contributed by atoms with Crippen LogP contribution in [0.5, 0.6) is 5.75 Å². The summed E-state index contributed by atoms with van der Waals surface area (Å²) in [5.41, 5.74) is 2.33. The van der Waals surface area contributed by atoms with Crippen LogP contribution in [0.3, 0.4) is 0 Å². The highest BCUT2D eigenvalue weighted by atomic mass is 79.9. The first-order valence-corrected chi connectivity index (χ1v) is 11.4. The van der Waals surface area contributed by atoms with Gasteiger partial charge in [0.05, 0.1) is 10.2 Å². The van der Waals surface area contributed by atoms with Crippen molar-refractivity contribution in [3.05, 3.63) is 94.0 Å². The van der Waals surface area contributed by atoms with Crippen molar-refractivity contribution in [2.24, 2.45) is 0 Å². The number of hydrogen-bond donors (Lipinski definition) is 2. The lowest BCUT2D eigenvalue weighted by Gasteiger charge is -2.26. The number of urea groups is 1. The van der Waals surface area contributed by atoms with E-state index in [1.54, 1.807) is 54.6 Å². The van der Waals surface area contributed by atoms with Gasteiger partial charge < -0.3 is 10.1 Å². The van der Waals surface area contributed by atoms with Gasteiger partial charge >= 0.3 is 6.03 Å². The zero-order chi connectivity index (χ0) is 24.9. The Bertz CT molecular complexity index is 1350. The molecule has 0 aliphatic carbocycles. The molecule has 5 amide bonds. The molecule has 4 rings (SSSR count). The SMILES string of the molecule is Cc1ccccc1NC(=O)COc1ccc(/C=C2/C(=O)NC(=O)N(c3ccccc3)C2=O)cc1Br. The Labute approximate surface area is 209 Å². The zero-order valence-corrected chi connectivity index (χ0v) is 20.2. The van der Waals surface area contributed by atoms with E-state index in [2.05, 4.69) is 26.6 Å². The van der Waals surface area contributed by atoms with Crippen LogP contribution in [-0.4, -0.2) is 30.4 Å². The predicted molar refractivity (Wildman–Crippen MR) is 135 cm³/mol. The van der Waals surface area contributed by atoms with Gasteiger partial charge in [0, 0.05) is 5.69 Å². The van der Waals surface area contributed by atoms with Crippen LogP contribution in [-0.2, 0) is 14.4 Å². The van der Waals surface area contributed by atoms with Crippen LogP contribution in [0.25, 0.3) is 6.08 Å². The largest absolute Gasteiger partial charge is 0.483 e. The molecule has 0 saturated carbocycles. The lowest BCUT2D eigenvalue weighted by atomic mass is 10.1. The Morgan fingerprint density at radius 3 is 2.46 bits per heavy atom. The maximum absolute atomic E-state index is 12.9. The first kappa shape index (κ1) is 23.9. The predicted octanol–water partition coefficient (Wildman–Crippen LogP) is 4.44. The summed E-state index contributed by atoms with van der Waals surface area (Å²) in [6.45, 7) is 1.69. The Kier molecular flexibility index (Phi) is 7.07. The number of nitrogens with one attached hydrogen (secondary N) is 2. The lowest BCUT2D eigenvalue weighted by Crippen LogP contribution is -2.54. The van der Waals surface area contributed by atoms with Crippen molar-refractivity contribution >= 4 is 57.1 Å². The minimum Gasteiger partial charge on any atom is -0.483 e. The molecule has 3 aromatic carbocycles. The van der Waals surface area contributed by atoms with Gasteiger partial charge in [0.2, 0.25) is 0 Å². The average molecular weight is 534 g/mol. The number of rotatable bonds is 6. The maximum atomic E-state index is 12.9. The second-order valence-corrected chi connectivity index (χ2v) is 8.49. The van der Waals surface area contributed by atoms with Gasteiger partial charge in [-0.25, -0.2) is 9.69 Å². The van der Waals surface area contributed by atoms with Gasteiger partial charge in [0.1, 0.15) is 11.3 Å². The monoisotopic (exact) mass is 533 g/mol. The highest BCUT2D eigenvalue weighted by Gasteiger charge is 2.36. The third kappa shape index (κ3) is 5.47. The fourth-order valence-electron chi connectivity index (χ4n) is 3.40. The van der Waals surface area contributed by atoms with Crippen molar-refractivity contribution in [2.75, 3.05) is 16.8 Å². The summed E-state index contributed by atoms with van der Waals surface area (Å²) in [4.78, 5) is 50.7. The van der Waals surface area contributed by atoms with Crippen LogP contribution in [0.2, 0.25) is 0 Å². The van der Waals surface area contributed by atoms with Crippen LogP contribution in [0.1, 0.15) is 11.1 Å². The smallest absolute Gasteiger partial charge is 0.335 e. The number of halogens is 1. The molecular formula is C26H20BrN3O5. The van der Waals surface area contributed by atoms with Crippen LogP contribution < -0.4 is 20.3 Å². The number of imide groups is 2. The zero-order valence-electron chi connectivity index (χ0n) is 18.6. The first-order chi connectivity index (χ1) is 16.8. The van der Waals surface area contributed by atoms with Gasteiger partial charge in [0.25, 0.3) is 17.7 Å². The summed E-state index contributed by atoms with van der Waals surface area (Å²) in [6, 6.07) is 19.8. The minimum absolute atomic E-state index is 0.188. The molecule has 0 radical (unpaired) electrons. The summed E-state index contributed by atoms with van der Waals surface area (Å²) < 4.78 is 6.13. The molecule has 3 aromatic rings. The average Bonchev–Trinajstić information content (AvgIpc) is 2.83. The van der Waals surface area contributed by atoms with Gasteiger partial charge in [-0.3, -0.25) is 19.7 Å². The molecule has 0 spiro atoms. The second-order valence-electron chi connectivity index (χ2n) is 7.64. The molecule has 1 heterocycles. The highest BCUT2D eigenvalue weighted by Crippen LogP contribution is 2.28. The number of amides is 5. The lowest BCUT2D eigenvalue weighted by molar-refractivity contribution is -0.122. The van der Waals surface area contributed by atoms with Crippen LogP contribution >= 0.6 is 15.9 Å². The maximum Gasteiger partial charge on any atom is 0.335 e. The topological polar surface area (TPSA) is 105 Å². The molecule has 35 heavy (non-hydrogen) atoms. The standard InChI is InChI=1S/C26H20BrN3O5/c1-16-7-5-6-10-21(16)28-23(31)15-35-22-12-11-17(14-20(22)27)13-19-24(32)29-26(34)30(25(19)33)18-8-3-2-4-9-18/h2-14H,15H2,1H3,(H,28,31)(H,29,32,34)/b19-13-. The van der Waals surface area contributed by atoms with Crippen LogP contribution in [0.15, 0.2) is 82.8 Å². The molecule has 8 nitrogen and oxygen atoms in total. The third-order valence-electron chi connectivity index (χ3n) is 5.16. The summed E-state index contributed by atoms with van der Waals surface area (Å²) in [7, 11) is 0. The first-order valence-electron chi connectivity index (χ1n) is 10.6. The molecule has 1 aliphatic heterocycles. The summed E-state index contributed by atoms with van der Waals surface area (Å²) in [5.74, 6) is -1.41. The van der Waals surface area contributed by atoms with E-state index in [-0.39, 0.29) is 18.1 Å². The van der Waals surface area contributed by atoms with Crippen molar-refractivity contribution < 1.29 is 23.9 Å². The minimum atomic E-state index is -0.808. The van der Waals surface area contributed by atoms with Gasteiger partial charge in [0.15, 0.2) is 6.61 Å². The van der Waals surface area contributed by atoms with E-state index >= 15 is 0 Å². The quantitative estimate of drug-likeness (QED) is 0.360. The molecule has 9 heteroatoms. The van der Waals surface area contributed by atoms with E-state index in [9.17, 15) is 19.2 Å². The van der Waals surface area contributed by atoms with Crippen LogP contribution in [0.4, 0.5) is 16.2 Å². The van der Waals surface area contributed by atoms with Crippen molar-refractivity contribution in [3.63, 3.8) is 0 Å². The van der Waals surface area contributed by atoms with Gasteiger partial charge in [-0.2, -0.15) is 0 Å². The van der Waals surface area contributed by atoms with E-state index in [0.717, 1.165) is 10.5 Å². The normalized spacial score (nSPS) is 14.6. The van der Waals surface area contributed by atoms with E-state index in [1.807, 2.05) is 25.1 Å². The van der Waals surface area contributed by atoms with Gasteiger partial charge in [-0.15, -0.1) is 0 Å². The summed E-state index contributed by atoms with van der Waals surface area (Å²) in [6.07, 6.45) is 1.39. The molecule has 1 aliphatic rings. The van der Waals surface area contributed by atoms with Gasteiger partial charge in [-0.05, 0) is 70.4 Å². The summed E-state index contributed by atoms with van der Waals surface area (Å²) in [5, 5.41) is 4.98. The van der Waals surface area contributed by atoms with Gasteiger partial charge in [-0.1, -0.05) is 42.5 Å². The molecular weight excluding hydrogens is 514 g/mol. The van der Waals surface area contributed by atoms with Crippen molar-refractivity contribution in [1.82, 2.24) is 5.32 Å². The number of benzene rings is 3. The number of hydrogen-bond acceptors (Lipinski definition) is 5. The van der Waals surface area contributed by atoms with E-state index < -0.39 is 17.8 Å². The Morgan fingerprint density at radius 1 is 1.03 bits per heavy atom.